The Kier molecular flexibility index (Phi) is 8.35. The van der Waals surface area contributed by atoms with Crippen molar-refractivity contribution < 1.29 is 27.7 Å². The van der Waals surface area contributed by atoms with Crippen LogP contribution in [0.25, 0.3) is 0 Å². The van der Waals surface area contributed by atoms with Gasteiger partial charge in [0.05, 0.1) is 17.2 Å². The first-order valence-corrected chi connectivity index (χ1v) is 9.43. The first-order chi connectivity index (χ1) is 14.7. The normalized spacial score (nSPS) is 10.5. The third kappa shape index (κ3) is 6.43. The Bertz CT molecular complexity index is 971. The van der Waals surface area contributed by atoms with Gasteiger partial charge in [0.1, 0.15) is 5.69 Å². The second kappa shape index (κ2) is 11.0. The van der Waals surface area contributed by atoms with Gasteiger partial charge in [-0.05, 0) is 24.6 Å². The van der Waals surface area contributed by atoms with Gasteiger partial charge in [-0.1, -0.05) is 19.1 Å². The Hall–Kier alpha value is -3.63. The number of nitro groups is 1. The van der Waals surface area contributed by atoms with Crippen molar-refractivity contribution >= 4 is 28.9 Å². The lowest BCUT2D eigenvalue weighted by atomic mass is 10.2. The molecule has 0 spiro atoms. The van der Waals surface area contributed by atoms with Gasteiger partial charge >= 0.3 is 0 Å². The number of para-hydroxylation sites is 2. The molecular formula is C20H21F3N4O4. The van der Waals surface area contributed by atoms with Crippen molar-refractivity contribution in [2.24, 2.45) is 0 Å². The van der Waals surface area contributed by atoms with Crippen molar-refractivity contribution in [3.8, 4) is 0 Å². The quantitative estimate of drug-likeness (QED) is 0.334. The number of nitrogens with one attached hydrogen (secondary N) is 2. The van der Waals surface area contributed by atoms with Crippen LogP contribution >= 0.6 is 0 Å². The van der Waals surface area contributed by atoms with E-state index in [1.165, 1.54) is 23.1 Å². The molecule has 0 radical (unpaired) electrons. The lowest BCUT2D eigenvalue weighted by Crippen LogP contribution is -2.39. The van der Waals surface area contributed by atoms with Crippen LogP contribution in [0.3, 0.4) is 0 Å². The number of nitro benzene ring substituents is 1. The van der Waals surface area contributed by atoms with Crippen LogP contribution in [-0.4, -0.2) is 41.3 Å². The fourth-order valence-electron chi connectivity index (χ4n) is 2.79. The van der Waals surface area contributed by atoms with E-state index in [1.807, 2.05) is 0 Å². The number of hydrogen-bond donors (Lipinski definition) is 2. The Morgan fingerprint density at radius 3 is 2.45 bits per heavy atom. The number of amides is 2. The molecule has 2 N–H and O–H groups in total. The fraction of sp³-hybridized carbons (Fsp3) is 0.300. The molecule has 0 aromatic heterocycles. The predicted octanol–water partition coefficient (Wildman–Crippen LogP) is 3.69. The smallest absolute Gasteiger partial charge is 0.292 e. The molecule has 0 aliphatic carbocycles. The minimum absolute atomic E-state index is 0.0567. The van der Waals surface area contributed by atoms with Crippen LogP contribution in [0.15, 0.2) is 36.4 Å². The van der Waals surface area contributed by atoms with Crippen LogP contribution in [0.5, 0.6) is 0 Å². The van der Waals surface area contributed by atoms with E-state index in [-0.39, 0.29) is 30.9 Å². The molecule has 0 saturated carbocycles. The lowest BCUT2D eigenvalue weighted by molar-refractivity contribution is -0.384. The number of hydrogen-bond acceptors (Lipinski definition) is 5. The standard InChI is InChI=1S/C20H21F3N4O4/c1-2-11-26(12-17(28)25-15-8-7-13(21)19(22)20(15)23)18(29)9-10-24-14-5-3-4-6-16(14)27(30)31/h3-8,24H,2,9-12H2,1H3,(H,25,28). The van der Waals surface area contributed by atoms with E-state index in [0.717, 1.165) is 6.07 Å². The van der Waals surface area contributed by atoms with Crippen molar-refractivity contribution in [1.82, 2.24) is 4.90 Å². The molecule has 0 unspecified atom stereocenters. The van der Waals surface area contributed by atoms with Gasteiger partial charge < -0.3 is 15.5 Å². The highest BCUT2D eigenvalue weighted by Gasteiger charge is 2.20. The van der Waals surface area contributed by atoms with Gasteiger partial charge in [0, 0.05) is 25.6 Å². The van der Waals surface area contributed by atoms with Crippen molar-refractivity contribution in [1.29, 1.82) is 0 Å². The summed E-state index contributed by atoms with van der Waals surface area (Å²) in [6.45, 7) is 1.69. The van der Waals surface area contributed by atoms with Crippen molar-refractivity contribution in [2.45, 2.75) is 19.8 Å². The topological polar surface area (TPSA) is 105 Å². The summed E-state index contributed by atoms with van der Waals surface area (Å²) < 4.78 is 40.0. The highest BCUT2D eigenvalue weighted by atomic mass is 19.2. The monoisotopic (exact) mass is 438 g/mol. The average molecular weight is 438 g/mol. The number of carbonyl (C=O) groups is 2. The van der Waals surface area contributed by atoms with Crippen molar-refractivity contribution in [3.63, 3.8) is 0 Å². The largest absolute Gasteiger partial charge is 0.379 e. The number of halogens is 3. The first-order valence-electron chi connectivity index (χ1n) is 9.43. The second-order valence-electron chi connectivity index (χ2n) is 6.54. The molecular weight excluding hydrogens is 417 g/mol. The zero-order valence-electron chi connectivity index (χ0n) is 16.7. The van der Waals surface area contributed by atoms with Gasteiger partial charge in [-0.3, -0.25) is 19.7 Å². The summed E-state index contributed by atoms with van der Waals surface area (Å²) in [5.74, 6) is -5.81. The highest BCUT2D eigenvalue weighted by molar-refractivity contribution is 5.94. The molecule has 2 amide bonds. The van der Waals surface area contributed by atoms with Gasteiger partial charge in [0.2, 0.25) is 11.8 Å². The van der Waals surface area contributed by atoms with Gasteiger partial charge in [0.15, 0.2) is 17.5 Å². The van der Waals surface area contributed by atoms with Gasteiger partial charge in [0.25, 0.3) is 5.69 Å². The summed E-state index contributed by atoms with van der Waals surface area (Å²) in [5, 5.41) is 16.0. The van der Waals surface area contributed by atoms with Crippen LogP contribution in [0.1, 0.15) is 19.8 Å². The third-order valence-corrected chi connectivity index (χ3v) is 4.25. The van der Waals surface area contributed by atoms with E-state index in [2.05, 4.69) is 10.6 Å². The molecule has 0 heterocycles. The molecule has 2 aromatic carbocycles. The van der Waals surface area contributed by atoms with E-state index in [4.69, 9.17) is 0 Å². The summed E-state index contributed by atoms with van der Waals surface area (Å²) >= 11 is 0. The molecule has 0 atom stereocenters. The maximum atomic E-state index is 13.7. The van der Waals surface area contributed by atoms with Crippen molar-refractivity contribution in [3.05, 3.63) is 64.0 Å². The van der Waals surface area contributed by atoms with Crippen LogP contribution in [0, 0.1) is 27.6 Å². The predicted molar refractivity (Wildman–Crippen MR) is 108 cm³/mol. The fourth-order valence-corrected chi connectivity index (χ4v) is 2.79. The lowest BCUT2D eigenvalue weighted by Gasteiger charge is -2.22. The summed E-state index contributed by atoms with van der Waals surface area (Å²) in [4.78, 5) is 36.4. The number of nitrogens with zero attached hydrogens (tertiary/aromatic N) is 2. The molecule has 0 aliphatic heterocycles. The van der Waals surface area contributed by atoms with Crippen molar-refractivity contribution in [2.75, 3.05) is 30.3 Å². The zero-order valence-corrected chi connectivity index (χ0v) is 16.7. The van der Waals surface area contributed by atoms with Gasteiger partial charge in [-0.15, -0.1) is 0 Å². The van der Waals surface area contributed by atoms with E-state index in [0.29, 0.717) is 12.5 Å². The molecule has 11 heteroatoms. The van der Waals surface area contributed by atoms with E-state index in [9.17, 15) is 32.9 Å². The molecule has 0 bridgehead atoms. The maximum absolute atomic E-state index is 13.7. The molecule has 2 aromatic rings. The molecule has 0 saturated heterocycles. The minimum atomic E-state index is -1.71. The Morgan fingerprint density at radius 2 is 1.77 bits per heavy atom. The zero-order chi connectivity index (χ0) is 23.0. The van der Waals surface area contributed by atoms with Crippen LogP contribution < -0.4 is 10.6 Å². The van der Waals surface area contributed by atoms with E-state index in [1.54, 1.807) is 13.0 Å². The Morgan fingerprint density at radius 1 is 1.06 bits per heavy atom. The SMILES string of the molecule is CCCN(CC(=O)Nc1ccc(F)c(F)c1F)C(=O)CCNc1ccccc1[N+](=O)[O-]. The molecule has 0 aliphatic rings. The second-order valence-corrected chi connectivity index (χ2v) is 6.54. The summed E-state index contributed by atoms with van der Waals surface area (Å²) in [6.07, 6.45) is 0.481. The number of carbonyl (C=O) groups excluding carboxylic acids is 2. The van der Waals surface area contributed by atoms with Gasteiger partial charge in [-0.25, -0.2) is 13.2 Å². The molecule has 2 rings (SSSR count). The molecule has 8 nitrogen and oxygen atoms in total. The summed E-state index contributed by atoms with van der Waals surface area (Å²) in [5.41, 5.74) is -0.409. The Balaban J connectivity index is 1.95. The molecule has 0 fully saturated rings. The van der Waals surface area contributed by atoms with Gasteiger partial charge in [-0.2, -0.15) is 0 Å². The summed E-state index contributed by atoms with van der Waals surface area (Å²) in [7, 11) is 0. The molecule has 31 heavy (non-hydrogen) atoms. The first kappa shape index (κ1) is 23.6. The minimum Gasteiger partial charge on any atom is -0.379 e. The van der Waals surface area contributed by atoms with Crippen LogP contribution in [0.2, 0.25) is 0 Å². The number of benzene rings is 2. The maximum Gasteiger partial charge on any atom is 0.292 e. The average Bonchev–Trinajstić information content (AvgIpc) is 2.74. The number of anilines is 2. The summed E-state index contributed by atoms with van der Waals surface area (Å²) in [6, 6.07) is 7.53. The van der Waals surface area contributed by atoms with E-state index < -0.39 is 46.4 Å². The highest BCUT2D eigenvalue weighted by Crippen LogP contribution is 2.23. The number of rotatable bonds is 10. The van der Waals surface area contributed by atoms with E-state index >= 15 is 0 Å². The van der Waals surface area contributed by atoms with Crippen LogP contribution in [-0.2, 0) is 9.59 Å². The third-order valence-electron chi connectivity index (χ3n) is 4.25. The molecule has 166 valence electrons. The van der Waals surface area contributed by atoms with Crippen LogP contribution in [0.4, 0.5) is 30.2 Å². The Labute approximate surface area is 176 Å².